The summed E-state index contributed by atoms with van der Waals surface area (Å²) in [5, 5.41) is 15.7. The molecular formula is C20H16F4N4O3. The van der Waals surface area contributed by atoms with E-state index in [1.54, 1.807) is 0 Å². The van der Waals surface area contributed by atoms with Gasteiger partial charge in [0.15, 0.2) is 0 Å². The van der Waals surface area contributed by atoms with Gasteiger partial charge in [-0.3, -0.25) is 14.6 Å². The van der Waals surface area contributed by atoms with Crippen LogP contribution in [0.5, 0.6) is 0 Å². The van der Waals surface area contributed by atoms with Crippen molar-refractivity contribution < 1.29 is 27.5 Å². The van der Waals surface area contributed by atoms with Gasteiger partial charge < -0.3 is 10.4 Å². The number of amides is 1. The summed E-state index contributed by atoms with van der Waals surface area (Å²) in [5.74, 6) is -0.897. The zero-order valence-electron chi connectivity index (χ0n) is 15.8. The van der Waals surface area contributed by atoms with Crippen LogP contribution in [0.1, 0.15) is 15.9 Å². The van der Waals surface area contributed by atoms with Crippen molar-refractivity contribution in [2.45, 2.75) is 12.3 Å². The van der Waals surface area contributed by atoms with Crippen LogP contribution in [0.4, 0.5) is 17.6 Å². The lowest BCUT2D eigenvalue weighted by Gasteiger charge is -2.12. The molecule has 162 valence electrons. The molecule has 11 heteroatoms. The van der Waals surface area contributed by atoms with Gasteiger partial charge in [0.25, 0.3) is 11.5 Å². The summed E-state index contributed by atoms with van der Waals surface area (Å²) in [6.07, 6.45) is -3.19. The first kappa shape index (κ1) is 22.1. The van der Waals surface area contributed by atoms with Crippen molar-refractivity contribution in [3.8, 4) is 16.9 Å². The molecule has 0 aliphatic rings. The topological polar surface area (TPSA) is 97.1 Å². The maximum Gasteiger partial charge on any atom is 0.416 e. The highest BCUT2D eigenvalue weighted by molar-refractivity contribution is 5.94. The zero-order valence-corrected chi connectivity index (χ0v) is 15.8. The maximum absolute atomic E-state index is 12.8. The second-order valence-corrected chi connectivity index (χ2v) is 6.46. The Morgan fingerprint density at radius 2 is 1.90 bits per heavy atom. The van der Waals surface area contributed by atoms with Crippen molar-refractivity contribution in [2.24, 2.45) is 0 Å². The van der Waals surface area contributed by atoms with Crippen LogP contribution in [0.3, 0.4) is 0 Å². The molecule has 0 aliphatic heterocycles. The van der Waals surface area contributed by atoms with Gasteiger partial charge >= 0.3 is 6.18 Å². The summed E-state index contributed by atoms with van der Waals surface area (Å²) in [6, 6.07) is 8.20. The van der Waals surface area contributed by atoms with Crippen LogP contribution >= 0.6 is 0 Å². The number of nitrogens with zero attached hydrogens (tertiary/aromatic N) is 3. The van der Waals surface area contributed by atoms with Crippen LogP contribution in [0.2, 0.25) is 0 Å². The minimum atomic E-state index is -4.53. The fourth-order valence-electron chi connectivity index (χ4n) is 2.64. The highest BCUT2D eigenvalue weighted by atomic mass is 19.4. The van der Waals surface area contributed by atoms with Crippen LogP contribution in [0, 0.1) is 0 Å². The summed E-state index contributed by atoms with van der Waals surface area (Å²) in [7, 11) is 0. The van der Waals surface area contributed by atoms with Gasteiger partial charge in [-0.05, 0) is 30.3 Å². The van der Waals surface area contributed by atoms with Crippen molar-refractivity contribution in [2.75, 3.05) is 13.2 Å². The summed E-state index contributed by atoms with van der Waals surface area (Å²) in [4.78, 5) is 29.2. The van der Waals surface area contributed by atoms with Crippen LogP contribution < -0.4 is 10.9 Å². The molecule has 1 amide bonds. The molecule has 2 heterocycles. The molecule has 1 atom stereocenters. The summed E-state index contributed by atoms with van der Waals surface area (Å²) in [6.45, 7) is -1.52. The Kier molecular flexibility index (Phi) is 6.44. The van der Waals surface area contributed by atoms with E-state index in [4.69, 9.17) is 0 Å². The number of hydrogen-bond donors (Lipinski definition) is 2. The van der Waals surface area contributed by atoms with Crippen molar-refractivity contribution in [3.63, 3.8) is 0 Å². The summed E-state index contributed by atoms with van der Waals surface area (Å²) < 4.78 is 51.9. The van der Waals surface area contributed by atoms with E-state index >= 15 is 0 Å². The Morgan fingerprint density at radius 1 is 1.19 bits per heavy atom. The Labute approximate surface area is 173 Å². The number of alkyl halides is 4. The quantitative estimate of drug-likeness (QED) is 0.579. The number of benzene rings is 1. The van der Waals surface area contributed by atoms with Gasteiger partial charge in [-0.1, -0.05) is 12.1 Å². The van der Waals surface area contributed by atoms with E-state index in [-0.39, 0.29) is 22.5 Å². The first-order chi connectivity index (χ1) is 14.7. The molecule has 31 heavy (non-hydrogen) atoms. The van der Waals surface area contributed by atoms with E-state index in [9.17, 15) is 32.3 Å². The lowest BCUT2D eigenvalue weighted by molar-refractivity contribution is -0.137. The molecule has 0 fully saturated rings. The molecule has 3 rings (SSSR count). The maximum atomic E-state index is 12.8. The Hall–Kier alpha value is -3.60. The molecule has 0 aliphatic carbocycles. The van der Waals surface area contributed by atoms with Crippen molar-refractivity contribution in [1.29, 1.82) is 0 Å². The molecule has 0 spiro atoms. The molecule has 3 aromatic rings. The SMILES string of the molecule is O=C(NCC(O)CF)c1cc(-c2ccc(C(F)(F)F)cc2)nn(-c2cccnc2)c1=O. The molecular weight excluding hydrogens is 420 g/mol. The number of hydrogen-bond acceptors (Lipinski definition) is 5. The van der Waals surface area contributed by atoms with Gasteiger partial charge in [-0.25, -0.2) is 4.39 Å². The molecule has 1 aromatic carbocycles. The minimum Gasteiger partial charge on any atom is -0.389 e. The van der Waals surface area contributed by atoms with Gasteiger partial charge in [0.1, 0.15) is 12.2 Å². The predicted octanol–water partition coefficient (Wildman–Crippen LogP) is 2.37. The van der Waals surface area contributed by atoms with Gasteiger partial charge in [-0.2, -0.15) is 23.0 Å². The highest BCUT2D eigenvalue weighted by Crippen LogP contribution is 2.30. The second kappa shape index (κ2) is 9.04. The number of aromatic nitrogens is 3. The number of rotatable bonds is 6. The third kappa shape index (κ3) is 5.12. The Bertz CT molecular complexity index is 1120. The monoisotopic (exact) mass is 436 g/mol. The Balaban J connectivity index is 2.09. The van der Waals surface area contributed by atoms with E-state index in [0.29, 0.717) is 0 Å². The van der Waals surface area contributed by atoms with Crippen molar-refractivity contribution in [1.82, 2.24) is 20.1 Å². The van der Waals surface area contributed by atoms with Crippen LogP contribution in [-0.4, -0.2) is 45.1 Å². The van der Waals surface area contributed by atoms with Gasteiger partial charge in [0, 0.05) is 18.3 Å². The largest absolute Gasteiger partial charge is 0.416 e. The molecule has 2 N–H and O–H groups in total. The van der Waals surface area contributed by atoms with E-state index in [1.807, 2.05) is 0 Å². The number of carbonyl (C=O) groups excluding carboxylic acids is 1. The van der Waals surface area contributed by atoms with Gasteiger partial charge in [-0.15, -0.1) is 0 Å². The molecule has 0 radical (unpaired) electrons. The highest BCUT2D eigenvalue weighted by Gasteiger charge is 2.30. The Morgan fingerprint density at radius 3 is 2.48 bits per heavy atom. The standard InChI is InChI=1S/C20H16F4N4O3/c21-9-15(29)11-26-18(30)16-8-17(12-3-5-13(6-4-12)20(22,23)24)27-28(19(16)31)14-2-1-7-25-10-14/h1-8,10,15,29H,9,11H2,(H,26,30). The lowest BCUT2D eigenvalue weighted by atomic mass is 10.1. The van der Waals surface area contributed by atoms with Crippen molar-refractivity contribution in [3.05, 3.63) is 76.3 Å². The lowest BCUT2D eigenvalue weighted by Crippen LogP contribution is -2.38. The van der Waals surface area contributed by atoms with Gasteiger partial charge in [0.2, 0.25) is 0 Å². The van der Waals surface area contributed by atoms with Crippen molar-refractivity contribution >= 4 is 5.91 Å². The van der Waals surface area contributed by atoms with Gasteiger partial charge in [0.05, 0.1) is 29.2 Å². The van der Waals surface area contributed by atoms with Crippen LogP contribution in [0.15, 0.2) is 59.7 Å². The normalized spacial score (nSPS) is 12.4. The smallest absolute Gasteiger partial charge is 0.389 e. The van der Waals surface area contributed by atoms with Crippen LogP contribution in [0.25, 0.3) is 16.9 Å². The number of aliphatic hydroxyl groups is 1. The van der Waals surface area contributed by atoms with Crippen LogP contribution in [-0.2, 0) is 6.18 Å². The number of halogens is 4. The molecule has 7 nitrogen and oxygen atoms in total. The van der Waals surface area contributed by atoms with E-state index < -0.39 is 42.5 Å². The third-order valence-electron chi connectivity index (χ3n) is 4.23. The van der Waals surface area contributed by atoms with E-state index in [0.717, 1.165) is 35.0 Å². The molecule has 0 bridgehead atoms. The predicted molar refractivity (Wildman–Crippen MR) is 102 cm³/mol. The zero-order chi connectivity index (χ0) is 22.6. The average Bonchev–Trinajstić information content (AvgIpc) is 2.77. The minimum absolute atomic E-state index is 0.0494. The average molecular weight is 436 g/mol. The summed E-state index contributed by atoms with van der Waals surface area (Å²) >= 11 is 0. The number of pyridine rings is 1. The number of aliphatic hydroxyl groups excluding tert-OH is 1. The van der Waals surface area contributed by atoms with E-state index in [2.05, 4.69) is 15.4 Å². The first-order valence-electron chi connectivity index (χ1n) is 8.95. The third-order valence-corrected chi connectivity index (χ3v) is 4.23. The fraction of sp³-hybridized carbons (Fsp3) is 0.200. The molecule has 0 saturated heterocycles. The summed E-state index contributed by atoms with van der Waals surface area (Å²) in [5.41, 5.74) is -1.58. The molecule has 2 aromatic heterocycles. The number of carbonyl (C=O) groups is 1. The fourth-order valence-corrected chi connectivity index (χ4v) is 2.64. The second-order valence-electron chi connectivity index (χ2n) is 6.46. The molecule has 0 saturated carbocycles. The van der Waals surface area contributed by atoms with E-state index in [1.165, 1.54) is 24.5 Å². The number of nitrogens with one attached hydrogen (secondary N) is 1. The molecule has 1 unspecified atom stereocenters. The first-order valence-corrected chi connectivity index (χ1v) is 8.95.